The van der Waals surface area contributed by atoms with E-state index in [1.165, 1.54) is 4.90 Å². The van der Waals surface area contributed by atoms with Gasteiger partial charge >= 0.3 is 0 Å². The Morgan fingerprint density at radius 3 is 2.73 bits per heavy atom. The lowest BCUT2D eigenvalue weighted by atomic mass is 10.4. The normalized spacial score (nSPS) is 10.7. The maximum atomic E-state index is 12.2. The minimum absolute atomic E-state index is 0.112. The van der Waals surface area contributed by atoms with Crippen LogP contribution in [0.2, 0.25) is 0 Å². The number of aliphatic hydroxyl groups excluding tert-OH is 1. The number of halogens is 2. The summed E-state index contributed by atoms with van der Waals surface area (Å²) in [6.07, 6.45) is -2.47. The summed E-state index contributed by atoms with van der Waals surface area (Å²) in [4.78, 5) is 5.20. The molecule has 0 aliphatic heterocycles. The largest absolute Gasteiger partial charge is 0.395 e. The first-order valence-corrected chi connectivity index (χ1v) is 4.50. The third-order valence-electron chi connectivity index (χ3n) is 1.81. The van der Waals surface area contributed by atoms with Gasteiger partial charge in [0.15, 0.2) is 0 Å². The molecule has 0 unspecified atom stereocenters. The van der Waals surface area contributed by atoms with E-state index in [9.17, 15) is 8.78 Å². The van der Waals surface area contributed by atoms with Crippen molar-refractivity contribution in [3.63, 3.8) is 0 Å². The van der Waals surface area contributed by atoms with Gasteiger partial charge in [-0.25, -0.2) is 13.8 Å². The van der Waals surface area contributed by atoms with Crippen molar-refractivity contribution in [3.05, 3.63) is 18.2 Å². The fraction of sp³-hybridized carbons (Fsp3) is 0.444. The second-order valence-electron chi connectivity index (χ2n) is 2.98. The van der Waals surface area contributed by atoms with Crippen LogP contribution in [-0.4, -0.2) is 36.2 Å². The van der Waals surface area contributed by atoms with Crippen LogP contribution < -0.4 is 10.6 Å². The van der Waals surface area contributed by atoms with E-state index in [0.717, 1.165) is 0 Å². The molecular weight excluding hydrogens is 204 g/mol. The Bertz CT molecular complexity index is 309. The number of hydrogen-bond donors (Lipinski definition) is 2. The number of alkyl halides is 2. The fourth-order valence-electron chi connectivity index (χ4n) is 1.20. The number of aliphatic hydroxyl groups is 1. The van der Waals surface area contributed by atoms with Crippen LogP contribution >= 0.6 is 0 Å². The monoisotopic (exact) mass is 217 g/mol. The number of nitrogens with zero attached hydrogens (tertiary/aromatic N) is 2. The highest BCUT2D eigenvalue weighted by atomic mass is 19.3. The fourth-order valence-corrected chi connectivity index (χ4v) is 1.20. The van der Waals surface area contributed by atoms with Crippen LogP contribution in [-0.2, 0) is 0 Å². The zero-order valence-electron chi connectivity index (χ0n) is 8.11. The van der Waals surface area contributed by atoms with Crippen molar-refractivity contribution >= 4 is 11.6 Å². The average Bonchev–Trinajstić information content (AvgIpc) is 2.16. The smallest absolute Gasteiger partial charge is 0.255 e. The van der Waals surface area contributed by atoms with Gasteiger partial charge in [-0.15, -0.1) is 0 Å². The Hall–Kier alpha value is -1.43. The minimum Gasteiger partial charge on any atom is -0.395 e. The summed E-state index contributed by atoms with van der Waals surface area (Å²) in [5.41, 5.74) is 5.44. The first-order valence-electron chi connectivity index (χ1n) is 4.50. The predicted octanol–water partition coefficient (Wildman–Crippen LogP) is 0.728. The Balaban J connectivity index is 2.78. The molecule has 15 heavy (non-hydrogen) atoms. The van der Waals surface area contributed by atoms with Gasteiger partial charge in [0, 0.05) is 6.54 Å². The SMILES string of the molecule is Nc1cccc(N(CCO)CC(F)F)n1. The van der Waals surface area contributed by atoms with Gasteiger partial charge in [-0.2, -0.15) is 0 Å². The van der Waals surface area contributed by atoms with Crippen molar-refractivity contribution in [2.45, 2.75) is 6.43 Å². The summed E-state index contributed by atoms with van der Waals surface area (Å²) < 4.78 is 24.4. The summed E-state index contributed by atoms with van der Waals surface area (Å²) in [6.45, 7) is -0.555. The van der Waals surface area contributed by atoms with E-state index in [1.807, 2.05) is 0 Å². The van der Waals surface area contributed by atoms with E-state index in [2.05, 4.69) is 4.98 Å². The van der Waals surface area contributed by atoms with Crippen molar-refractivity contribution in [2.75, 3.05) is 30.3 Å². The number of nitrogen functional groups attached to an aromatic ring is 1. The zero-order chi connectivity index (χ0) is 11.3. The van der Waals surface area contributed by atoms with E-state index in [-0.39, 0.29) is 19.0 Å². The number of aromatic nitrogens is 1. The quantitative estimate of drug-likeness (QED) is 0.763. The first kappa shape index (κ1) is 11.6. The summed E-state index contributed by atoms with van der Waals surface area (Å²) in [5, 5.41) is 8.73. The van der Waals surface area contributed by atoms with Crippen LogP contribution in [0, 0.1) is 0 Å². The molecule has 0 spiro atoms. The molecule has 0 aromatic carbocycles. The molecule has 0 radical (unpaired) electrons. The molecule has 6 heteroatoms. The van der Waals surface area contributed by atoms with Gasteiger partial charge in [0.1, 0.15) is 11.6 Å². The molecule has 0 fully saturated rings. The number of pyridine rings is 1. The Labute approximate surface area is 86.3 Å². The van der Waals surface area contributed by atoms with Crippen LogP contribution in [0.25, 0.3) is 0 Å². The maximum absolute atomic E-state index is 12.2. The maximum Gasteiger partial charge on any atom is 0.255 e. The lowest BCUT2D eigenvalue weighted by molar-refractivity contribution is 0.152. The third-order valence-corrected chi connectivity index (χ3v) is 1.81. The molecule has 1 heterocycles. The highest BCUT2D eigenvalue weighted by Gasteiger charge is 2.13. The lowest BCUT2D eigenvalue weighted by Crippen LogP contribution is -2.32. The predicted molar refractivity (Wildman–Crippen MR) is 54.0 cm³/mol. The van der Waals surface area contributed by atoms with Crippen LogP contribution in [0.1, 0.15) is 0 Å². The van der Waals surface area contributed by atoms with E-state index >= 15 is 0 Å². The molecule has 0 aliphatic carbocycles. The summed E-state index contributed by atoms with van der Waals surface area (Å²) >= 11 is 0. The molecular formula is C9H13F2N3O. The van der Waals surface area contributed by atoms with Crippen LogP contribution in [0.3, 0.4) is 0 Å². The Kier molecular flexibility index (Phi) is 4.23. The summed E-state index contributed by atoms with van der Waals surface area (Å²) in [7, 11) is 0. The highest BCUT2D eigenvalue weighted by Crippen LogP contribution is 2.13. The van der Waals surface area contributed by atoms with Crippen molar-refractivity contribution in [3.8, 4) is 0 Å². The van der Waals surface area contributed by atoms with Crippen molar-refractivity contribution < 1.29 is 13.9 Å². The van der Waals surface area contributed by atoms with E-state index in [0.29, 0.717) is 5.82 Å². The molecule has 0 saturated carbocycles. The Morgan fingerprint density at radius 2 is 2.20 bits per heavy atom. The molecule has 3 N–H and O–H groups in total. The van der Waals surface area contributed by atoms with E-state index < -0.39 is 13.0 Å². The summed E-state index contributed by atoms with van der Waals surface area (Å²) in [5.74, 6) is 0.619. The first-order chi connectivity index (χ1) is 7.13. The van der Waals surface area contributed by atoms with Crippen LogP contribution in [0.5, 0.6) is 0 Å². The van der Waals surface area contributed by atoms with Gasteiger partial charge in [0.25, 0.3) is 6.43 Å². The average molecular weight is 217 g/mol. The Morgan fingerprint density at radius 1 is 1.47 bits per heavy atom. The van der Waals surface area contributed by atoms with Crippen molar-refractivity contribution in [1.82, 2.24) is 4.98 Å². The molecule has 0 bridgehead atoms. The standard InChI is InChI=1S/C9H13F2N3O/c10-7(11)6-14(4-5-15)9-3-1-2-8(12)13-9/h1-3,7,15H,4-6H2,(H2,12,13). The second-order valence-corrected chi connectivity index (χ2v) is 2.98. The molecule has 4 nitrogen and oxygen atoms in total. The van der Waals surface area contributed by atoms with Gasteiger partial charge in [0.2, 0.25) is 0 Å². The molecule has 1 aromatic rings. The number of rotatable bonds is 5. The van der Waals surface area contributed by atoms with Gasteiger partial charge in [0.05, 0.1) is 13.2 Å². The topological polar surface area (TPSA) is 62.4 Å². The molecule has 0 atom stereocenters. The van der Waals surface area contributed by atoms with Crippen molar-refractivity contribution in [2.24, 2.45) is 0 Å². The molecule has 0 aliphatic rings. The number of hydrogen-bond acceptors (Lipinski definition) is 4. The van der Waals surface area contributed by atoms with E-state index in [4.69, 9.17) is 10.8 Å². The van der Waals surface area contributed by atoms with Crippen LogP contribution in [0.15, 0.2) is 18.2 Å². The number of anilines is 2. The number of nitrogens with two attached hydrogens (primary N) is 1. The molecule has 0 saturated heterocycles. The second kappa shape index (κ2) is 5.45. The highest BCUT2D eigenvalue weighted by molar-refractivity contribution is 5.44. The van der Waals surface area contributed by atoms with Gasteiger partial charge in [-0.3, -0.25) is 0 Å². The molecule has 1 aromatic heterocycles. The third kappa shape index (κ3) is 3.67. The van der Waals surface area contributed by atoms with E-state index in [1.54, 1.807) is 18.2 Å². The molecule has 0 amide bonds. The van der Waals surface area contributed by atoms with Gasteiger partial charge in [-0.05, 0) is 12.1 Å². The summed E-state index contributed by atoms with van der Waals surface area (Å²) in [6, 6.07) is 4.78. The van der Waals surface area contributed by atoms with Gasteiger partial charge < -0.3 is 15.7 Å². The molecule has 1 rings (SSSR count). The van der Waals surface area contributed by atoms with Crippen molar-refractivity contribution in [1.29, 1.82) is 0 Å². The molecule has 84 valence electrons. The van der Waals surface area contributed by atoms with Crippen LogP contribution in [0.4, 0.5) is 20.4 Å². The zero-order valence-corrected chi connectivity index (χ0v) is 8.11. The minimum atomic E-state index is -2.47. The lowest BCUT2D eigenvalue weighted by Gasteiger charge is -2.22. The van der Waals surface area contributed by atoms with Gasteiger partial charge in [-0.1, -0.05) is 6.07 Å².